The smallest absolute Gasteiger partial charge is 0.224 e. The molecule has 3 aromatic rings. The van der Waals surface area contributed by atoms with Crippen LogP contribution >= 0.6 is 0 Å². The first-order valence-corrected chi connectivity index (χ1v) is 8.21. The molecule has 3 aromatic carbocycles. The van der Waals surface area contributed by atoms with E-state index in [0.29, 0.717) is 6.42 Å². The van der Waals surface area contributed by atoms with Crippen molar-refractivity contribution in [2.45, 2.75) is 19.4 Å². The number of carbonyl (C=O) groups excluding carboxylic acids is 1. The van der Waals surface area contributed by atoms with Gasteiger partial charge < -0.3 is 5.32 Å². The monoisotopic (exact) mass is 315 g/mol. The summed E-state index contributed by atoms with van der Waals surface area (Å²) in [6, 6.07) is 28.4. The molecular weight excluding hydrogens is 294 g/mol. The molecule has 0 spiro atoms. The Kier molecular flexibility index (Phi) is 5.07. The fraction of sp³-hybridized carbons (Fsp3) is 0.136. The van der Waals surface area contributed by atoms with Crippen LogP contribution in [0.1, 0.15) is 24.1 Å². The zero-order valence-electron chi connectivity index (χ0n) is 13.8. The molecule has 0 aliphatic rings. The van der Waals surface area contributed by atoms with Crippen LogP contribution < -0.4 is 5.32 Å². The van der Waals surface area contributed by atoms with E-state index < -0.39 is 0 Å². The van der Waals surface area contributed by atoms with E-state index in [9.17, 15) is 4.79 Å². The van der Waals surface area contributed by atoms with Crippen molar-refractivity contribution >= 4 is 5.91 Å². The predicted octanol–water partition coefficient (Wildman–Crippen LogP) is 4.77. The van der Waals surface area contributed by atoms with Crippen molar-refractivity contribution < 1.29 is 4.79 Å². The molecule has 120 valence electrons. The minimum atomic E-state index is -0.00830. The van der Waals surface area contributed by atoms with E-state index in [0.717, 1.165) is 11.1 Å². The van der Waals surface area contributed by atoms with E-state index >= 15 is 0 Å². The Hall–Kier alpha value is -2.87. The Balaban J connectivity index is 1.63. The lowest BCUT2D eigenvalue weighted by atomic mass is 10.0. The molecule has 0 fully saturated rings. The van der Waals surface area contributed by atoms with Crippen LogP contribution in [0.2, 0.25) is 0 Å². The van der Waals surface area contributed by atoms with Crippen LogP contribution in [0, 0.1) is 0 Å². The second kappa shape index (κ2) is 7.60. The van der Waals surface area contributed by atoms with E-state index in [1.807, 2.05) is 55.5 Å². The van der Waals surface area contributed by atoms with Crippen molar-refractivity contribution in [3.63, 3.8) is 0 Å². The summed E-state index contributed by atoms with van der Waals surface area (Å²) in [5.41, 5.74) is 4.52. The number of nitrogens with one attached hydrogen (secondary N) is 1. The molecule has 0 saturated heterocycles. The van der Waals surface area contributed by atoms with Crippen molar-refractivity contribution in [1.82, 2.24) is 5.32 Å². The minimum Gasteiger partial charge on any atom is -0.349 e. The first-order valence-electron chi connectivity index (χ1n) is 8.21. The van der Waals surface area contributed by atoms with Crippen molar-refractivity contribution in [3.05, 3.63) is 96.1 Å². The van der Waals surface area contributed by atoms with Gasteiger partial charge in [0.25, 0.3) is 0 Å². The molecule has 0 aliphatic heterocycles. The molecule has 0 radical (unpaired) electrons. The number of amides is 1. The summed E-state index contributed by atoms with van der Waals surface area (Å²) in [5, 5.41) is 3.06. The quantitative estimate of drug-likeness (QED) is 0.721. The summed E-state index contributed by atoms with van der Waals surface area (Å²) < 4.78 is 0. The van der Waals surface area contributed by atoms with E-state index in [1.165, 1.54) is 11.1 Å². The second-order valence-corrected chi connectivity index (χ2v) is 5.94. The van der Waals surface area contributed by atoms with Gasteiger partial charge in [0.1, 0.15) is 0 Å². The Morgan fingerprint density at radius 3 is 1.96 bits per heavy atom. The Bertz CT molecular complexity index is 779. The maximum atomic E-state index is 12.2. The topological polar surface area (TPSA) is 29.1 Å². The second-order valence-electron chi connectivity index (χ2n) is 5.94. The highest BCUT2D eigenvalue weighted by Gasteiger charge is 2.10. The molecule has 0 aliphatic carbocycles. The number of rotatable bonds is 5. The number of carbonyl (C=O) groups is 1. The van der Waals surface area contributed by atoms with Crippen LogP contribution in [0.15, 0.2) is 84.9 Å². The SMILES string of the molecule is C[C@H](NC(=O)Cc1ccccc1)c1ccc(-c2ccccc2)cc1. The Morgan fingerprint density at radius 2 is 1.33 bits per heavy atom. The van der Waals surface area contributed by atoms with Crippen LogP contribution in [0.5, 0.6) is 0 Å². The van der Waals surface area contributed by atoms with E-state index in [-0.39, 0.29) is 11.9 Å². The molecule has 1 N–H and O–H groups in total. The van der Waals surface area contributed by atoms with Crippen molar-refractivity contribution in [2.24, 2.45) is 0 Å². The van der Waals surface area contributed by atoms with Gasteiger partial charge in [0.15, 0.2) is 0 Å². The highest BCUT2D eigenvalue weighted by Crippen LogP contribution is 2.21. The van der Waals surface area contributed by atoms with Crippen molar-refractivity contribution in [1.29, 1.82) is 0 Å². The first-order chi connectivity index (χ1) is 11.7. The summed E-state index contributed by atoms with van der Waals surface area (Å²) >= 11 is 0. The predicted molar refractivity (Wildman–Crippen MR) is 98.6 cm³/mol. The molecule has 0 heterocycles. The Labute approximate surface area is 143 Å². The molecule has 2 heteroatoms. The number of hydrogen-bond donors (Lipinski definition) is 1. The van der Waals surface area contributed by atoms with E-state index in [1.54, 1.807) is 0 Å². The van der Waals surface area contributed by atoms with Crippen molar-refractivity contribution in [3.8, 4) is 11.1 Å². The normalized spacial score (nSPS) is 11.7. The van der Waals surface area contributed by atoms with Crippen molar-refractivity contribution in [2.75, 3.05) is 0 Å². The van der Waals surface area contributed by atoms with E-state index in [2.05, 4.69) is 41.7 Å². The maximum absolute atomic E-state index is 12.2. The number of hydrogen-bond acceptors (Lipinski definition) is 1. The summed E-state index contributed by atoms with van der Waals surface area (Å²) in [4.78, 5) is 12.2. The highest BCUT2D eigenvalue weighted by atomic mass is 16.1. The lowest BCUT2D eigenvalue weighted by Gasteiger charge is -2.15. The molecule has 1 amide bonds. The molecule has 0 aromatic heterocycles. The summed E-state index contributed by atoms with van der Waals surface area (Å²) in [5.74, 6) is 0.0424. The van der Waals surface area contributed by atoms with Gasteiger partial charge in [-0.2, -0.15) is 0 Å². The van der Waals surface area contributed by atoms with Crippen LogP contribution in [0.4, 0.5) is 0 Å². The summed E-state index contributed by atoms with van der Waals surface area (Å²) in [7, 11) is 0. The zero-order valence-corrected chi connectivity index (χ0v) is 13.8. The van der Waals surface area contributed by atoms with Crippen LogP contribution in [-0.4, -0.2) is 5.91 Å². The van der Waals surface area contributed by atoms with Gasteiger partial charge in [0.2, 0.25) is 5.91 Å². The van der Waals surface area contributed by atoms with Crippen LogP contribution in [0.25, 0.3) is 11.1 Å². The molecule has 3 rings (SSSR count). The van der Waals surface area contributed by atoms with Gasteiger partial charge in [0, 0.05) is 0 Å². The highest BCUT2D eigenvalue weighted by molar-refractivity contribution is 5.79. The molecule has 24 heavy (non-hydrogen) atoms. The van der Waals surface area contributed by atoms with Gasteiger partial charge >= 0.3 is 0 Å². The maximum Gasteiger partial charge on any atom is 0.224 e. The largest absolute Gasteiger partial charge is 0.349 e. The number of benzene rings is 3. The van der Waals surface area contributed by atoms with Crippen LogP contribution in [-0.2, 0) is 11.2 Å². The first kappa shape index (κ1) is 16.0. The standard InChI is InChI=1S/C22H21NO/c1-17(23-22(24)16-18-8-4-2-5-9-18)19-12-14-21(15-13-19)20-10-6-3-7-11-20/h2-15,17H,16H2,1H3,(H,23,24)/t17-/m0/s1. The fourth-order valence-electron chi connectivity index (χ4n) is 2.75. The van der Waals surface area contributed by atoms with Gasteiger partial charge in [-0.25, -0.2) is 0 Å². The summed E-state index contributed by atoms with van der Waals surface area (Å²) in [6.07, 6.45) is 0.410. The van der Waals surface area contributed by atoms with Gasteiger partial charge in [-0.05, 0) is 29.2 Å². The fourth-order valence-corrected chi connectivity index (χ4v) is 2.75. The molecule has 0 bridgehead atoms. The Morgan fingerprint density at radius 1 is 0.792 bits per heavy atom. The van der Waals surface area contributed by atoms with Crippen LogP contribution in [0.3, 0.4) is 0 Å². The third-order valence-corrected chi connectivity index (χ3v) is 4.10. The molecule has 2 nitrogen and oxygen atoms in total. The summed E-state index contributed by atoms with van der Waals surface area (Å²) in [6.45, 7) is 2.01. The molecule has 1 atom stereocenters. The lowest BCUT2D eigenvalue weighted by Crippen LogP contribution is -2.28. The molecular formula is C22H21NO. The van der Waals surface area contributed by atoms with Gasteiger partial charge in [0.05, 0.1) is 12.5 Å². The molecule has 0 unspecified atom stereocenters. The zero-order chi connectivity index (χ0) is 16.8. The van der Waals surface area contributed by atoms with Gasteiger partial charge in [-0.1, -0.05) is 84.9 Å². The lowest BCUT2D eigenvalue weighted by molar-refractivity contribution is -0.121. The average Bonchev–Trinajstić information content (AvgIpc) is 2.63. The average molecular weight is 315 g/mol. The van der Waals surface area contributed by atoms with E-state index in [4.69, 9.17) is 0 Å². The third-order valence-electron chi connectivity index (χ3n) is 4.10. The third kappa shape index (κ3) is 4.11. The molecule has 0 saturated carbocycles. The van der Waals surface area contributed by atoms with Gasteiger partial charge in [-0.3, -0.25) is 4.79 Å². The minimum absolute atomic E-state index is 0.00830. The van der Waals surface area contributed by atoms with Gasteiger partial charge in [-0.15, -0.1) is 0 Å².